The molecular weight excluding hydrogens is 903 g/mol. The van der Waals surface area contributed by atoms with E-state index in [-0.39, 0.29) is 12.5 Å². The Labute approximate surface area is 467 Å². The van der Waals surface area contributed by atoms with Crippen LogP contribution in [0.15, 0.2) is 12.2 Å². The quantitative estimate of drug-likeness (QED) is 0.0420. The van der Waals surface area contributed by atoms with Gasteiger partial charge in [0.05, 0.1) is 18.8 Å². The van der Waals surface area contributed by atoms with Crippen LogP contribution < -0.4 is 5.32 Å². The maximum atomic E-state index is 12.6. The second-order valence-electron chi connectivity index (χ2n) is 24.3. The van der Waals surface area contributed by atoms with Crippen molar-refractivity contribution in [2.24, 2.45) is 0 Å². The minimum Gasteiger partial charge on any atom is -0.394 e. The van der Waals surface area contributed by atoms with Crippen LogP contribution in [0.2, 0.25) is 0 Å². The lowest BCUT2D eigenvalue weighted by Crippen LogP contribution is -2.45. The fourth-order valence-electron chi connectivity index (χ4n) is 11.5. The van der Waals surface area contributed by atoms with Gasteiger partial charge in [-0.15, -0.1) is 0 Å². The van der Waals surface area contributed by atoms with Crippen molar-refractivity contribution in [3.63, 3.8) is 0 Å². The van der Waals surface area contributed by atoms with Gasteiger partial charge in [0.2, 0.25) is 5.91 Å². The molecule has 0 aliphatic carbocycles. The molecule has 0 aromatic heterocycles. The Morgan fingerprint density at radius 1 is 0.311 bits per heavy atom. The maximum Gasteiger partial charge on any atom is 0.220 e. The van der Waals surface area contributed by atoms with Gasteiger partial charge in [0.25, 0.3) is 0 Å². The van der Waals surface area contributed by atoms with E-state index in [0.717, 1.165) is 25.7 Å². The number of carbonyl (C=O) groups is 1. The molecule has 0 radical (unpaired) electrons. The Morgan fingerprint density at radius 3 is 0.743 bits per heavy atom. The number of unbranched alkanes of at least 4 members (excludes halogenated alkanes) is 57. The number of rotatable bonds is 66. The maximum absolute atomic E-state index is 12.6. The minimum atomic E-state index is -0.657. The molecule has 3 N–H and O–H groups in total. The van der Waals surface area contributed by atoms with Gasteiger partial charge in [0, 0.05) is 6.42 Å². The van der Waals surface area contributed by atoms with Crippen molar-refractivity contribution in [2.45, 2.75) is 424 Å². The predicted octanol–water partition coefficient (Wildman–Crippen LogP) is 23.6. The average Bonchev–Trinajstić information content (AvgIpc) is 3.40. The summed E-state index contributed by atoms with van der Waals surface area (Å²) in [5.74, 6) is -0.0204. The van der Waals surface area contributed by atoms with Crippen LogP contribution in [0, 0.1) is 0 Å². The van der Waals surface area contributed by atoms with E-state index in [1.165, 1.54) is 360 Å². The van der Waals surface area contributed by atoms with E-state index in [1.54, 1.807) is 0 Å². The van der Waals surface area contributed by atoms with Gasteiger partial charge in [0.1, 0.15) is 0 Å². The third-order valence-electron chi connectivity index (χ3n) is 16.8. The van der Waals surface area contributed by atoms with Crippen molar-refractivity contribution < 1.29 is 15.0 Å². The minimum absolute atomic E-state index is 0.0204. The molecule has 2 atom stereocenters. The van der Waals surface area contributed by atoms with E-state index < -0.39 is 12.1 Å². The smallest absolute Gasteiger partial charge is 0.220 e. The number of hydrogen-bond donors (Lipinski definition) is 3. The second kappa shape index (κ2) is 66.4. The predicted molar refractivity (Wildman–Crippen MR) is 332 cm³/mol. The summed E-state index contributed by atoms with van der Waals surface area (Å²) in [6.45, 7) is 4.41. The summed E-state index contributed by atoms with van der Waals surface area (Å²) in [5, 5.41) is 23.5. The van der Waals surface area contributed by atoms with E-state index in [2.05, 4.69) is 31.3 Å². The van der Waals surface area contributed by atoms with Crippen LogP contribution in [0.5, 0.6) is 0 Å². The molecule has 0 spiro atoms. The van der Waals surface area contributed by atoms with Crippen LogP contribution in [-0.2, 0) is 4.79 Å². The van der Waals surface area contributed by atoms with Gasteiger partial charge in [-0.25, -0.2) is 0 Å². The molecule has 0 bridgehead atoms. The molecule has 0 aliphatic rings. The zero-order chi connectivity index (χ0) is 53.4. The highest BCUT2D eigenvalue weighted by molar-refractivity contribution is 5.76. The molecule has 2 unspecified atom stereocenters. The molecule has 4 heteroatoms. The van der Waals surface area contributed by atoms with E-state index in [0.29, 0.717) is 12.8 Å². The molecular formula is C70H139NO3. The molecule has 0 aliphatic heterocycles. The number of amides is 1. The number of aliphatic hydroxyl groups excluding tert-OH is 2. The first-order valence-corrected chi connectivity index (χ1v) is 34.9. The molecule has 0 heterocycles. The number of hydrogen-bond acceptors (Lipinski definition) is 3. The number of carbonyl (C=O) groups excluding carboxylic acids is 1. The van der Waals surface area contributed by atoms with Gasteiger partial charge in [0.15, 0.2) is 0 Å². The molecule has 0 aromatic rings. The van der Waals surface area contributed by atoms with E-state index in [1.807, 2.05) is 0 Å². The molecule has 0 saturated carbocycles. The Balaban J connectivity index is 3.36. The average molecular weight is 1040 g/mol. The van der Waals surface area contributed by atoms with Gasteiger partial charge in [-0.1, -0.05) is 379 Å². The molecule has 0 saturated heterocycles. The lowest BCUT2D eigenvalue weighted by atomic mass is 10.0. The normalized spacial score (nSPS) is 12.6. The third kappa shape index (κ3) is 62.0. The van der Waals surface area contributed by atoms with Gasteiger partial charge in [-0.05, 0) is 38.5 Å². The van der Waals surface area contributed by atoms with Crippen molar-refractivity contribution >= 4 is 5.91 Å². The van der Waals surface area contributed by atoms with Crippen LogP contribution >= 0.6 is 0 Å². The van der Waals surface area contributed by atoms with E-state index >= 15 is 0 Å². The summed E-state index contributed by atoms with van der Waals surface area (Å²) >= 11 is 0. The third-order valence-corrected chi connectivity index (χ3v) is 16.8. The molecule has 4 nitrogen and oxygen atoms in total. The van der Waals surface area contributed by atoms with E-state index in [9.17, 15) is 15.0 Å². The lowest BCUT2D eigenvalue weighted by molar-refractivity contribution is -0.123. The van der Waals surface area contributed by atoms with Crippen molar-refractivity contribution in [3.05, 3.63) is 12.2 Å². The highest BCUT2D eigenvalue weighted by Gasteiger charge is 2.20. The summed E-state index contributed by atoms with van der Waals surface area (Å²) in [4.78, 5) is 12.6. The first-order valence-electron chi connectivity index (χ1n) is 34.9. The first-order chi connectivity index (χ1) is 36.7. The van der Waals surface area contributed by atoms with Crippen molar-refractivity contribution in [1.82, 2.24) is 5.32 Å². The van der Waals surface area contributed by atoms with Crippen LogP contribution in [0.3, 0.4) is 0 Å². The van der Waals surface area contributed by atoms with Gasteiger partial charge >= 0.3 is 0 Å². The molecule has 442 valence electrons. The molecule has 0 rings (SSSR count). The van der Waals surface area contributed by atoms with Crippen molar-refractivity contribution in [1.29, 1.82) is 0 Å². The molecule has 0 aromatic carbocycles. The molecule has 74 heavy (non-hydrogen) atoms. The van der Waals surface area contributed by atoms with Crippen LogP contribution in [0.1, 0.15) is 412 Å². The first kappa shape index (κ1) is 73.1. The highest BCUT2D eigenvalue weighted by atomic mass is 16.3. The summed E-state index contributed by atoms with van der Waals surface area (Å²) in [5.41, 5.74) is 0. The van der Waals surface area contributed by atoms with Gasteiger partial charge in [-0.3, -0.25) is 4.79 Å². The van der Waals surface area contributed by atoms with Crippen LogP contribution in [-0.4, -0.2) is 34.9 Å². The monoisotopic (exact) mass is 1040 g/mol. The summed E-state index contributed by atoms with van der Waals surface area (Å²) in [7, 11) is 0. The second-order valence-corrected chi connectivity index (χ2v) is 24.3. The van der Waals surface area contributed by atoms with Crippen LogP contribution in [0.25, 0.3) is 0 Å². The fourth-order valence-corrected chi connectivity index (χ4v) is 11.5. The Kier molecular flexibility index (Phi) is 65.6. The van der Waals surface area contributed by atoms with Gasteiger partial charge < -0.3 is 15.5 Å². The highest BCUT2D eigenvalue weighted by Crippen LogP contribution is 2.20. The largest absolute Gasteiger partial charge is 0.394 e. The Bertz CT molecular complexity index is 1040. The fraction of sp³-hybridized carbons (Fsp3) is 0.957. The van der Waals surface area contributed by atoms with Crippen molar-refractivity contribution in [2.75, 3.05) is 6.61 Å². The van der Waals surface area contributed by atoms with Gasteiger partial charge in [-0.2, -0.15) is 0 Å². The number of nitrogens with one attached hydrogen (secondary N) is 1. The molecule has 1 amide bonds. The van der Waals surface area contributed by atoms with E-state index in [4.69, 9.17) is 0 Å². The standard InChI is InChI=1S/C70H139NO3/c1-3-5-7-9-11-13-15-17-19-21-23-25-27-29-31-32-33-34-35-36-37-38-40-42-44-46-48-50-52-54-56-58-60-62-64-66-70(74)71-68(67-72)69(73)65-63-61-59-57-55-53-51-49-47-45-43-41-39-30-28-26-24-22-20-18-16-14-12-10-8-6-4-2/h21,23,68-69,72-73H,3-20,22,24-67H2,1-2H3,(H,71,74)/b23-21-. The summed E-state index contributed by atoms with van der Waals surface area (Å²) in [6.07, 6.45) is 88.4. The number of aliphatic hydroxyl groups is 2. The Hall–Kier alpha value is -0.870. The number of allylic oxidation sites excluding steroid dienone is 2. The zero-order valence-corrected chi connectivity index (χ0v) is 51.2. The SMILES string of the molecule is CCCCCCCCCC/C=C\CCCCCCCCCCCCCCCCCCCCCCCCCC(=O)NC(CO)C(O)CCCCCCCCCCCCCCCCCCCCCCCCCCCCC. The summed E-state index contributed by atoms with van der Waals surface area (Å²) in [6, 6.07) is -0.534. The topological polar surface area (TPSA) is 69.6 Å². The van der Waals surface area contributed by atoms with Crippen molar-refractivity contribution in [3.8, 4) is 0 Å². The molecule has 0 fully saturated rings. The zero-order valence-electron chi connectivity index (χ0n) is 51.2. The lowest BCUT2D eigenvalue weighted by Gasteiger charge is -2.22. The Morgan fingerprint density at radius 2 is 0.514 bits per heavy atom. The summed E-state index contributed by atoms with van der Waals surface area (Å²) < 4.78 is 0. The van der Waals surface area contributed by atoms with Crippen LogP contribution in [0.4, 0.5) is 0 Å².